The molecule has 0 saturated carbocycles. The summed E-state index contributed by atoms with van der Waals surface area (Å²) in [4.78, 5) is 12.3. The number of benzene rings is 2. The summed E-state index contributed by atoms with van der Waals surface area (Å²) in [7, 11) is 0. The maximum absolute atomic E-state index is 12.3. The number of para-hydroxylation sites is 1. The number of carbonyl (C=O) groups is 1. The molecule has 0 aliphatic rings. The summed E-state index contributed by atoms with van der Waals surface area (Å²) in [6, 6.07) is 12.2. The second-order valence-electron chi connectivity index (χ2n) is 7.06. The van der Waals surface area contributed by atoms with Crippen molar-refractivity contribution >= 4 is 5.91 Å². The molecule has 0 aliphatic carbocycles. The van der Waals surface area contributed by atoms with Gasteiger partial charge in [0.05, 0.1) is 6.04 Å². The lowest BCUT2D eigenvalue weighted by Crippen LogP contribution is -2.31. The van der Waals surface area contributed by atoms with E-state index < -0.39 is 0 Å². The molecule has 2 aromatic carbocycles. The van der Waals surface area contributed by atoms with Gasteiger partial charge in [-0.3, -0.25) is 4.79 Å². The third-order valence-electron chi connectivity index (χ3n) is 4.63. The van der Waals surface area contributed by atoms with E-state index in [1.165, 1.54) is 16.7 Å². The van der Waals surface area contributed by atoms with Crippen LogP contribution in [0.2, 0.25) is 0 Å². The molecule has 0 aliphatic heterocycles. The number of aryl methyl sites for hydroxylation is 3. The van der Waals surface area contributed by atoms with Crippen molar-refractivity contribution in [3.8, 4) is 5.75 Å². The quantitative estimate of drug-likeness (QED) is 0.805. The smallest absolute Gasteiger partial charge is 0.258 e. The van der Waals surface area contributed by atoms with E-state index in [-0.39, 0.29) is 18.6 Å². The molecule has 0 radical (unpaired) electrons. The van der Waals surface area contributed by atoms with Crippen LogP contribution in [0.25, 0.3) is 0 Å². The van der Waals surface area contributed by atoms with E-state index in [0.717, 1.165) is 16.9 Å². The van der Waals surface area contributed by atoms with E-state index in [4.69, 9.17) is 4.74 Å². The molecule has 134 valence electrons. The highest BCUT2D eigenvalue weighted by Gasteiger charge is 2.14. The molecule has 1 atom stereocenters. The van der Waals surface area contributed by atoms with Crippen molar-refractivity contribution in [3.63, 3.8) is 0 Å². The number of hydrogen-bond donors (Lipinski definition) is 1. The molecule has 0 unspecified atom stereocenters. The van der Waals surface area contributed by atoms with Crippen LogP contribution < -0.4 is 10.1 Å². The van der Waals surface area contributed by atoms with Crippen LogP contribution in [0.5, 0.6) is 5.75 Å². The Bertz CT molecular complexity index is 750. The van der Waals surface area contributed by atoms with E-state index in [0.29, 0.717) is 5.92 Å². The summed E-state index contributed by atoms with van der Waals surface area (Å²) in [6.07, 6.45) is 0. The highest BCUT2D eigenvalue weighted by atomic mass is 16.5. The van der Waals surface area contributed by atoms with Gasteiger partial charge in [0, 0.05) is 0 Å². The van der Waals surface area contributed by atoms with Crippen LogP contribution in [0.4, 0.5) is 0 Å². The minimum absolute atomic E-state index is 0.0258. The van der Waals surface area contributed by atoms with Gasteiger partial charge in [0.15, 0.2) is 6.61 Å². The fourth-order valence-electron chi connectivity index (χ4n) is 3.04. The Hall–Kier alpha value is -2.29. The van der Waals surface area contributed by atoms with Gasteiger partial charge in [0.2, 0.25) is 0 Å². The van der Waals surface area contributed by atoms with Gasteiger partial charge in [0.1, 0.15) is 5.75 Å². The van der Waals surface area contributed by atoms with Crippen molar-refractivity contribution < 1.29 is 9.53 Å². The molecular formula is C22H29NO2. The number of nitrogens with one attached hydrogen (secondary N) is 1. The Balaban J connectivity index is 2.00. The van der Waals surface area contributed by atoms with Gasteiger partial charge in [-0.25, -0.2) is 0 Å². The zero-order valence-corrected chi connectivity index (χ0v) is 16.1. The second-order valence-corrected chi connectivity index (χ2v) is 7.06. The van der Waals surface area contributed by atoms with E-state index in [1.807, 2.05) is 31.2 Å². The molecule has 0 aromatic heterocycles. The van der Waals surface area contributed by atoms with Crippen molar-refractivity contribution in [1.29, 1.82) is 0 Å². The summed E-state index contributed by atoms with van der Waals surface area (Å²) in [5.41, 5.74) is 5.98. The van der Waals surface area contributed by atoms with Crippen LogP contribution in [0.3, 0.4) is 0 Å². The lowest BCUT2D eigenvalue weighted by atomic mass is 9.96. The fourth-order valence-corrected chi connectivity index (χ4v) is 3.04. The first-order valence-corrected chi connectivity index (χ1v) is 8.88. The van der Waals surface area contributed by atoms with Gasteiger partial charge in [-0.15, -0.1) is 0 Å². The highest BCUT2D eigenvalue weighted by molar-refractivity contribution is 5.78. The van der Waals surface area contributed by atoms with Crippen LogP contribution in [-0.4, -0.2) is 12.5 Å². The monoisotopic (exact) mass is 339 g/mol. The fraction of sp³-hybridized carbons (Fsp3) is 0.409. The first-order chi connectivity index (χ1) is 11.8. The molecule has 0 saturated heterocycles. The SMILES string of the molecule is Cc1cc(C)c([C@H](C)NC(=O)COc2ccccc2C(C)C)cc1C. The summed E-state index contributed by atoms with van der Waals surface area (Å²) in [6.45, 7) is 12.6. The molecule has 2 aromatic rings. The van der Waals surface area contributed by atoms with E-state index in [9.17, 15) is 4.79 Å². The molecule has 0 bridgehead atoms. The predicted octanol–water partition coefficient (Wildman–Crippen LogP) is 4.99. The molecule has 1 amide bonds. The Labute approximate surface area is 151 Å². The first-order valence-electron chi connectivity index (χ1n) is 8.88. The van der Waals surface area contributed by atoms with Gasteiger partial charge in [-0.2, -0.15) is 0 Å². The average Bonchev–Trinajstić information content (AvgIpc) is 2.56. The molecular weight excluding hydrogens is 310 g/mol. The Kier molecular flexibility index (Phi) is 6.24. The van der Waals surface area contributed by atoms with Crippen LogP contribution in [-0.2, 0) is 4.79 Å². The third-order valence-corrected chi connectivity index (χ3v) is 4.63. The van der Waals surface area contributed by atoms with Crippen LogP contribution in [0, 0.1) is 20.8 Å². The van der Waals surface area contributed by atoms with E-state index in [2.05, 4.69) is 52.1 Å². The summed E-state index contributed by atoms with van der Waals surface area (Å²) >= 11 is 0. The molecule has 1 N–H and O–H groups in total. The zero-order valence-electron chi connectivity index (χ0n) is 16.1. The van der Waals surface area contributed by atoms with Crippen LogP contribution >= 0.6 is 0 Å². The number of amides is 1. The third kappa shape index (κ3) is 4.85. The molecule has 0 fully saturated rings. The number of ether oxygens (including phenoxy) is 1. The second kappa shape index (κ2) is 8.19. The van der Waals surface area contributed by atoms with Crippen molar-refractivity contribution in [2.75, 3.05) is 6.61 Å². The number of hydrogen-bond acceptors (Lipinski definition) is 2. The topological polar surface area (TPSA) is 38.3 Å². The Morgan fingerprint density at radius 1 is 0.960 bits per heavy atom. The van der Waals surface area contributed by atoms with Crippen molar-refractivity contribution in [1.82, 2.24) is 5.32 Å². The zero-order chi connectivity index (χ0) is 18.6. The molecule has 2 rings (SSSR count). The van der Waals surface area contributed by atoms with Crippen LogP contribution in [0.1, 0.15) is 60.5 Å². The molecule has 25 heavy (non-hydrogen) atoms. The van der Waals surface area contributed by atoms with Crippen molar-refractivity contribution in [3.05, 3.63) is 64.2 Å². The van der Waals surface area contributed by atoms with Crippen molar-refractivity contribution in [2.24, 2.45) is 0 Å². The number of rotatable bonds is 6. The van der Waals surface area contributed by atoms with Gasteiger partial charge in [0.25, 0.3) is 5.91 Å². The Morgan fingerprint density at radius 2 is 1.60 bits per heavy atom. The van der Waals surface area contributed by atoms with Gasteiger partial charge >= 0.3 is 0 Å². The highest BCUT2D eigenvalue weighted by Crippen LogP contribution is 2.26. The van der Waals surface area contributed by atoms with Crippen LogP contribution in [0.15, 0.2) is 36.4 Å². The minimum atomic E-state index is -0.108. The van der Waals surface area contributed by atoms with Gasteiger partial charge < -0.3 is 10.1 Å². The molecule has 0 spiro atoms. The van der Waals surface area contributed by atoms with E-state index in [1.54, 1.807) is 0 Å². The van der Waals surface area contributed by atoms with E-state index >= 15 is 0 Å². The minimum Gasteiger partial charge on any atom is -0.483 e. The summed E-state index contributed by atoms with van der Waals surface area (Å²) in [5.74, 6) is 1.03. The predicted molar refractivity (Wildman–Crippen MR) is 103 cm³/mol. The first kappa shape index (κ1) is 19.0. The largest absolute Gasteiger partial charge is 0.483 e. The lowest BCUT2D eigenvalue weighted by Gasteiger charge is -2.19. The molecule has 3 heteroatoms. The molecule has 0 heterocycles. The number of carbonyl (C=O) groups excluding carboxylic acids is 1. The lowest BCUT2D eigenvalue weighted by molar-refractivity contribution is -0.123. The maximum Gasteiger partial charge on any atom is 0.258 e. The average molecular weight is 339 g/mol. The normalized spacial score (nSPS) is 12.1. The summed E-state index contributed by atoms with van der Waals surface area (Å²) in [5, 5.41) is 3.04. The van der Waals surface area contributed by atoms with Crippen molar-refractivity contribution in [2.45, 2.75) is 53.5 Å². The summed E-state index contributed by atoms with van der Waals surface area (Å²) < 4.78 is 5.76. The van der Waals surface area contributed by atoms with Gasteiger partial charge in [-0.05, 0) is 67.5 Å². The maximum atomic E-state index is 12.3. The molecule has 3 nitrogen and oxygen atoms in total. The van der Waals surface area contributed by atoms with Gasteiger partial charge in [-0.1, -0.05) is 44.2 Å². The standard InChI is InChI=1S/C22H29NO2/c1-14(2)19-9-7-8-10-21(19)25-13-22(24)23-18(6)20-12-16(4)15(3)11-17(20)5/h7-12,14,18H,13H2,1-6H3,(H,23,24)/t18-/m0/s1. The Morgan fingerprint density at radius 3 is 2.28 bits per heavy atom.